The minimum absolute atomic E-state index is 0.250. The molecule has 0 saturated carbocycles. The van der Waals surface area contributed by atoms with Crippen LogP contribution >= 0.6 is 0 Å². The van der Waals surface area contributed by atoms with Crippen LogP contribution in [0.15, 0.2) is 17.1 Å². The van der Waals surface area contributed by atoms with Crippen LogP contribution in [0.3, 0.4) is 0 Å². The number of guanidine groups is 1. The Labute approximate surface area is 75.9 Å². The van der Waals surface area contributed by atoms with Crippen molar-refractivity contribution >= 4 is 17.8 Å². The SMILES string of the molecule is C/C=C/CCN=C1NC(=O)C(=O)N1. The van der Waals surface area contributed by atoms with E-state index in [2.05, 4.69) is 15.6 Å². The molecule has 1 saturated heterocycles. The van der Waals surface area contributed by atoms with Gasteiger partial charge in [-0.3, -0.25) is 25.2 Å². The lowest BCUT2D eigenvalue weighted by molar-refractivity contribution is -0.135. The Balaban J connectivity index is 2.37. The highest BCUT2D eigenvalue weighted by atomic mass is 16.2. The second-order valence-corrected chi connectivity index (χ2v) is 2.50. The number of nitrogens with zero attached hydrogens (tertiary/aromatic N) is 1. The highest BCUT2D eigenvalue weighted by Gasteiger charge is 2.24. The van der Waals surface area contributed by atoms with Gasteiger partial charge < -0.3 is 0 Å². The summed E-state index contributed by atoms with van der Waals surface area (Å²) in [4.78, 5) is 25.3. The summed E-state index contributed by atoms with van der Waals surface area (Å²) >= 11 is 0. The molecule has 1 aliphatic heterocycles. The molecule has 13 heavy (non-hydrogen) atoms. The normalized spacial score (nSPS) is 16.2. The number of aliphatic imine (C=N–C) groups is 1. The molecular weight excluding hydrogens is 170 g/mol. The molecule has 1 fully saturated rings. The van der Waals surface area contributed by atoms with Gasteiger partial charge in [0.05, 0.1) is 0 Å². The fraction of sp³-hybridized carbons (Fsp3) is 0.375. The average Bonchev–Trinajstić information content (AvgIpc) is 2.41. The molecule has 0 radical (unpaired) electrons. The quantitative estimate of drug-likeness (QED) is 0.352. The van der Waals surface area contributed by atoms with Gasteiger partial charge in [-0.2, -0.15) is 0 Å². The van der Waals surface area contributed by atoms with Gasteiger partial charge in [-0.1, -0.05) is 12.2 Å². The van der Waals surface area contributed by atoms with E-state index >= 15 is 0 Å². The van der Waals surface area contributed by atoms with Gasteiger partial charge in [-0.15, -0.1) is 0 Å². The highest BCUT2D eigenvalue weighted by Crippen LogP contribution is 1.87. The second-order valence-electron chi connectivity index (χ2n) is 2.50. The summed E-state index contributed by atoms with van der Waals surface area (Å²) in [5, 5.41) is 4.61. The summed E-state index contributed by atoms with van der Waals surface area (Å²) < 4.78 is 0. The minimum atomic E-state index is -0.648. The van der Waals surface area contributed by atoms with E-state index in [4.69, 9.17) is 0 Å². The maximum absolute atomic E-state index is 10.7. The van der Waals surface area contributed by atoms with Gasteiger partial charge >= 0.3 is 11.8 Å². The fourth-order valence-electron chi connectivity index (χ4n) is 0.856. The Bertz CT molecular complexity index is 263. The Hall–Kier alpha value is -1.65. The highest BCUT2D eigenvalue weighted by molar-refractivity contribution is 6.45. The van der Waals surface area contributed by atoms with E-state index in [0.717, 1.165) is 6.42 Å². The smallest absolute Gasteiger partial charge is 0.288 e. The minimum Gasteiger partial charge on any atom is -0.288 e. The lowest BCUT2D eigenvalue weighted by Crippen LogP contribution is -2.25. The second kappa shape index (κ2) is 4.39. The largest absolute Gasteiger partial charge is 0.316 e. The van der Waals surface area contributed by atoms with Crippen molar-refractivity contribution in [1.29, 1.82) is 0 Å². The maximum atomic E-state index is 10.7. The first-order valence-corrected chi connectivity index (χ1v) is 4.02. The Morgan fingerprint density at radius 2 is 1.92 bits per heavy atom. The van der Waals surface area contributed by atoms with Crippen LogP contribution < -0.4 is 10.6 Å². The average molecular weight is 181 g/mol. The van der Waals surface area contributed by atoms with E-state index in [-0.39, 0.29) is 5.96 Å². The zero-order valence-electron chi connectivity index (χ0n) is 7.33. The van der Waals surface area contributed by atoms with Crippen LogP contribution in [0.1, 0.15) is 13.3 Å². The molecule has 0 bridgehead atoms. The Morgan fingerprint density at radius 1 is 1.31 bits per heavy atom. The zero-order chi connectivity index (χ0) is 9.68. The van der Waals surface area contributed by atoms with Crippen molar-refractivity contribution in [2.75, 3.05) is 6.54 Å². The number of rotatable bonds is 3. The summed E-state index contributed by atoms with van der Waals surface area (Å²) in [7, 11) is 0. The summed E-state index contributed by atoms with van der Waals surface area (Å²) in [5.41, 5.74) is 0. The fourth-order valence-corrected chi connectivity index (χ4v) is 0.856. The number of carbonyl (C=O) groups is 2. The Kier molecular flexibility index (Phi) is 3.19. The third-order valence-corrected chi connectivity index (χ3v) is 1.47. The van der Waals surface area contributed by atoms with Gasteiger partial charge in [0.15, 0.2) is 0 Å². The molecule has 70 valence electrons. The third-order valence-electron chi connectivity index (χ3n) is 1.47. The topological polar surface area (TPSA) is 70.6 Å². The summed E-state index contributed by atoms with van der Waals surface area (Å²) in [6, 6.07) is 0. The van der Waals surface area contributed by atoms with E-state index in [9.17, 15) is 9.59 Å². The van der Waals surface area contributed by atoms with Crippen LogP contribution in [0.2, 0.25) is 0 Å². The van der Waals surface area contributed by atoms with Crippen molar-refractivity contribution < 1.29 is 9.59 Å². The van der Waals surface area contributed by atoms with Crippen LogP contribution in [-0.4, -0.2) is 24.3 Å². The molecular formula is C8H11N3O2. The molecule has 0 aromatic rings. The van der Waals surface area contributed by atoms with E-state index in [1.54, 1.807) is 0 Å². The van der Waals surface area contributed by atoms with E-state index in [1.807, 2.05) is 19.1 Å². The molecule has 0 aromatic heterocycles. The first-order valence-electron chi connectivity index (χ1n) is 4.02. The molecule has 0 unspecified atom stereocenters. The molecule has 2 amide bonds. The van der Waals surface area contributed by atoms with Gasteiger partial charge in [0.1, 0.15) is 0 Å². The molecule has 0 spiro atoms. The first kappa shape index (κ1) is 9.44. The molecule has 0 atom stereocenters. The van der Waals surface area contributed by atoms with Crippen molar-refractivity contribution in [3.05, 3.63) is 12.2 Å². The predicted molar refractivity (Wildman–Crippen MR) is 48.0 cm³/mol. The van der Waals surface area contributed by atoms with Gasteiger partial charge in [-0.25, -0.2) is 0 Å². The number of hydrogen-bond donors (Lipinski definition) is 2. The predicted octanol–water partition coefficient (Wildman–Crippen LogP) is -0.445. The van der Waals surface area contributed by atoms with Crippen molar-refractivity contribution in [3.8, 4) is 0 Å². The molecule has 1 aliphatic rings. The molecule has 1 heterocycles. The van der Waals surface area contributed by atoms with E-state index < -0.39 is 11.8 Å². The lowest BCUT2D eigenvalue weighted by Gasteiger charge is -1.93. The van der Waals surface area contributed by atoms with Gasteiger partial charge in [0.25, 0.3) is 0 Å². The van der Waals surface area contributed by atoms with Gasteiger partial charge in [0, 0.05) is 6.54 Å². The van der Waals surface area contributed by atoms with Crippen LogP contribution in [-0.2, 0) is 9.59 Å². The number of nitrogens with one attached hydrogen (secondary N) is 2. The van der Waals surface area contributed by atoms with Crippen molar-refractivity contribution in [1.82, 2.24) is 10.6 Å². The van der Waals surface area contributed by atoms with Crippen LogP contribution in [0.5, 0.6) is 0 Å². The number of hydrogen-bond acceptors (Lipinski definition) is 3. The summed E-state index contributed by atoms with van der Waals surface area (Å²) in [6.45, 7) is 2.48. The monoisotopic (exact) mass is 181 g/mol. The molecule has 0 aliphatic carbocycles. The number of allylic oxidation sites excluding steroid dienone is 1. The summed E-state index contributed by atoms with van der Waals surface area (Å²) in [5.74, 6) is -1.05. The Morgan fingerprint density at radius 3 is 2.46 bits per heavy atom. The van der Waals surface area contributed by atoms with Crippen molar-refractivity contribution in [2.24, 2.45) is 4.99 Å². The van der Waals surface area contributed by atoms with Crippen molar-refractivity contribution in [3.63, 3.8) is 0 Å². The maximum Gasteiger partial charge on any atom is 0.316 e. The molecule has 5 heteroatoms. The first-order chi connectivity index (χ1) is 6.24. The van der Waals surface area contributed by atoms with Gasteiger partial charge in [-0.05, 0) is 13.3 Å². The zero-order valence-corrected chi connectivity index (χ0v) is 7.33. The van der Waals surface area contributed by atoms with Gasteiger partial charge in [0.2, 0.25) is 5.96 Å². The number of amides is 2. The van der Waals surface area contributed by atoms with Crippen LogP contribution in [0, 0.1) is 0 Å². The third kappa shape index (κ3) is 2.70. The molecule has 1 rings (SSSR count). The van der Waals surface area contributed by atoms with Crippen LogP contribution in [0.25, 0.3) is 0 Å². The van der Waals surface area contributed by atoms with E-state index in [0.29, 0.717) is 6.54 Å². The number of carbonyl (C=O) groups excluding carboxylic acids is 2. The molecule has 5 nitrogen and oxygen atoms in total. The lowest BCUT2D eigenvalue weighted by atomic mass is 10.4. The van der Waals surface area contributed by atoms with Crippen molar-refractivity contribution in [2.45, 2.75) is 13.3 Å². The molecule has 0 aromatic carbocycles. The molecule has 2 N–H and O–H groups in total. The standard InChI is InChI=1S/C8H11N3O2/c1-2-3-4-5-9-8-10-6(12)7(13)11-8/h2-3H,4-5H2,1H3,(H2,9,10,11,12,13)/b3-2+. The summed E-state index contributed by atoms with van der Waals surface area (Å²) in [6.07, 6.45) is 4.68. The van der Waals surface area contributed by atoms with Crippen LogP contribution in [0.4, 0.5) is 0 Å². The van der Waals surface area contributed by atoms with E-state index in [1.165, 1.54) is 0 Å².